The van der Waals surface area contributed by atoms with Gasteiger partial charge in [0.05, 0.1) is 10.6 Å². The smallest absolute Gasteiger partial charge is 0.266 e. The molecule has 1 heterocycles. The van der Waals surface area contributed by atoms with Crippen LogP contribution < -0.4 is 5.32 Å². The fourth-order valence-electron chi connectivity index (χ4n) is 2.38. The van der Waals surface area contributed by atoms with Crippen molar-refractivity contribution in [3.63, 3.8) is 0 Å². The van der Waals surface area contributed by atoms with E-state index in [1.165, 1.54) is 16.7 Å². The number of thiocarbonyl (C=S) groups is 1. The lowest BCUT2D eigenvalue weighted by Gasteiger charge is -2.14. The molecule has 0 spiro atoms. The van der Waals surface area contributed by atoms with Gasteiger partial charge in [-0.2, -0.15) is 0 Å². The van der Waals surface area contributed by atoms with Crippen LogP contribution in [0.4, 0.5) is 5.69 Å². The maximum atomic E-state index is 12.6. The highest BCUT2D eigenvalue weighted by atomic mass is 79.9. The van der Waals surface area contributed by atoms with E-state index in [1.54, 1.807) is 0 Å². The van der Waals surface area contributed by atoms with Crippen molar-refractivity contribution in [1.29, 1.82) is 0 Å². The van der Waals surface area contributed by atoms with Gasteiger partial charge in [0.15, 0.2) is 0 Å². The quantitative estimate of drug-likeness (QED) is 0.534. The summed E-state index contributed by atoms with van der Waals surface area (Å²) in [6, 6.07) is 17.0. The number of halogens is 1. The molecule has 0 aromatic heterocycles. The van der Waals surface area contributed by atoms with Crippen molar-refractivity contribution in [3.05, 3.63) is 69.5 Å². The van der Waals surface area contributed by atoms with Crippen molar-refractivity contribution in [3.8, 4) is 0 Å². The third-order valence-electron chi connectivity index (χ3n) is 3.68. The van der Waals surface area contributed by atoms with E-state index >= 15 is 0 Å². The summed E-state index contributed by atoms with van der Waals surface area (Å²) in [6.45, 7) is 0.257. The molecule has 2 aromatic carbocycles. The molecule has 1 fully saturated rings. The number of hydrogen-bond donors (Lipinski definition) is 1. The number of benzene rings is 2. The second kappa shape index (κ2) is 8.62. The topological polar surface area (TPSA) is 49.4 Å². The third-order valence-corrected chi connectivity index (χ3v) is 5.75. The Hall–Kier alpha value is -1.96. The van der Waals surface area contributed by atoms with Gasteiger partial charge in [0.25, 0.3) is 5.91 Å². The average molecular weight is 447 g/mol. The molecule has 0 unspecified atom stereocenters. The number of rotatable bonds is 5. The largest absolute Gasteiger partial charge is 0.325 e. The number of amides is 2. The minimum atomic E-state index is -0.169. The lowest BCUT2D eigenvalue weighted by molar-refractivity contribution is -0.122. The van der Waals surface area contributed by atoms with Crippen LogP contribution in [0.5, 0.6) is 0 Å². The highest BCUT2D eigenvalue weighted by Crippen LogP contribution is 2.32. The lowest BCUT2D eigenvalue weighted by atomic mass is 10.2. The van der Waals surface area contributed by atoms with Gasteiger partial charge in [-0.25, -0.2) is 0 Å². The van der Waals surface area contributed by atoms with Crippen LogP contribution in [0.2, 0.25) is 0 Å². The van der Waals surface area contributed by atoms with Crippen LogP contribution in [0.15, 0.2) is 64.0 Å². The molecule has 3 rings (SSSR count). The van der Waals surface area contributed by atoms with Crippen LogP contribution in [0.1, 0.15) is 12.0 Å². The van der Waals surface area contributed by atoms with E-state index in [4.69, 9.17) is 12.2 Å². The zero-order valence-corrected chi connectivity index (χ0v) is 16.9. The highest BCUT2D eigenvalue weighted by molar-refractivity contribution is 9.10. The predicted molar refractivity (Wildman–Crippen MR) is 114 cm³/mol. The Morgan fingerprint density at radius 1 is 1.15 bits per heavy atom. The Morgan fingerprint density at radius 2 is 1.85 bits per heavy atom. The number of carbonyl (C=O) groups excluding carboxylic acids is 2. The Kier molecular flexibility index (Phi) is 6.24. The van der Waals surface area contributed by atoms with Gasteiger partial charge >= 0.3 is 0 Å². The second-order valence-electron chi connectivity index (χ2n) is 5.52. The van der Waals surface area contributed by atoms with Crippen LogP contribution in [0, 0.1) is 0 Å². The molecule has 1 N–H and O–H groups in total. The summed E-state index contributed by atoms with van der Waals surface area (Å²) < 4.78 is 1.29. The van der Waals surface area contributed by atoms with Crippen LogP contribution in [-0.2, 0) is 9.59 Å². The normalized spacial score (nSPS) is 15.6. The lowest BCUT2D eigenvalue weighted by Crippen LogP contribution is -2.31. The maximum Gasteiger partial charge on any atom is 0.266 e. The van der Waals surface area contributed by atoms with Crippen LogP contribution in [0.3, 0.4) is 0 Å². The van der Waals surface area contributed by atoms with Crippen molar-refractivity contribution in [2.45, 2.75) is 6.42 Å². The summed E-state index contributed by atoms with van der Waals surface area (Å²) in [5, 5.41) is 2.83. The van der Waals surface area contributed by atoms with Crippen molar-refractivity contribution in [2.24, 2.45) is 0 Å². The molecule has 2 amide bonds. The van der Waals surface area contributed by atoms with E-state index < -0.39 is 0 Å². The van der Waals surface area contributed by atoms with E-state index in [1.807, 2.05) is 60.7 Å². The molecule has 1 saturated heterocycles. The molecule has 2 aromatic rings. The molecule has 1 aliphatic heterocycles. The monoisotopic (exact) mass is 446 g/mol. The van der Waals surface area contributed by atoms with Gasteiger partial charge in [0.1, 0.15) is 4.32 Å². The van der Waals surface area contributed by atoms with Crippen molar-refractivity contribution in [2.75, 3.05) is 11.9 Å². The first kappa shape index (κ1) is 18.8. The average Bonchev–Trinajstić information content (AvgIpc) is 2.89. The number of thioether (sulfide) groups is 1. The summed E-state index contributed by atoms with van der Waals surface area (Å²) in [6.07, 6.45) is 1.99. The molecule has 7 heteroatoms. The van der Waals surface area contributed by atoms with E-state index in [9.17, 15) is 9.59 Å². The minimum Gasteiger partial charge on any atom is -0.325 e. The zero-order chi connectivity index (χ0) is 18.5. The molecule has 0 saturated carbocycles. The van der Waals surface area contributed by atoms with E-state index in [-0.39, 0.29) is 24.8 Å². The number of nitrogens with zero attached hydrogens (tertiary/aromatic N) is 1. The predicted octanol–water partition coefficient (Wildman–Crippen LogP) is 4.68. The summed E-state index contributed by atoms with van der Waals surface area (Å²) in [5.41, 5.74) is 1.64. The summed E-state index contributed by atoms with van der Waals surface area (Å²) in [4.78, 5) is 26.8. The van der Waals surface area contributed by atoms with Gasteiger partial charge in [0, 0.05) is 17.4 Å². The van der Waals surface area contributed by atoms with Gasteiger partial charge in [-0.1, -0.05) is 66.4 Å². The zero-order valence-electron chi connectivity index (χ0n) is 13.6. The standard InChI is InChI=1S/C19H15BrN2O2S2/c20-14-8-4-5-9-15(14)21-17(23)10-11-22-18(24)16(26-19(22)25)12-13-6-2-1-3-7-13/h1-9,12H,10-11H2,(H,21,23). The summed E-state index contributed by atoms with van der Waals surface area (Å²) in [7, 11) is 0. The fraction of sp³-hybridized carbons (Fsp3) is 0.105. The van der Waals surface area contributed by atoms with Gasteiger partial charge in [-0.15, -0.1) is 0 Å². The van der Waals surface area contributed by atoms with Crippen LogP contribution in [-0.4, -0.2) is 27.6 Å². The Morgan fingerprint density at radius 3 is 2.58 bits per heavy atom. The molecular formula is C19H15BrN2O2S2. The van der Waals surface area contributed by atoms with Crippen molar-refractivity contribution < 1.29 is 9.59 Å². The highest BCUT2D eigenvalue weighted by Gasteiger charge is 2.32. The molecule has 4 nitrogen and oxygen atoms in total. The molecule has 26 heavy (non-hydrogen) atoms. The summed E-state index contributed by atoms with van der Waals surface area (Å²) in [5.74, 6) is -0.324. The van der Waals surface area contributed by atoms with Gasteiger partial charge in [-0.3, -0.25) is 14.5 Å². The number of para-hydroxylation sites is 1. The van der Waals surface area contributed by atoms with Gasteiger partial charge < -0.3 is 5.32 Å². The van der Waals surface area contributed by atoms with Crippen LogP contribution >= 0.6 is 39.9 Å². The number of nitrogens with one attached hydrogen (secondary N) is 1. The number of carbonyl (C=O) groups is 2. The third kappa shape index (κ3) is 4.60. The van der Waals surface area contributed by atoms with Gasteiger partial charge in [-0.05, 0) is 39.7 Å². The molecule has 132 valence electrons. The van der Waals surface area contributed by atoms with E-state index in [0.29, 0.717) is 14.9 Å². The molecule has 0 atom stereocenters. The first-order valence-corrected chi connectivity index (χ1v) is 9.91. The fourth-order valence-corrected chi connectivity index (χ4v) is 4.07. The van der Waals surface area contributed by atoms with Crippen molar-refractivity contribution in [1.82, 2.24) is 4.90 Å². The first-order chi connectivity index (χ1) is 12.5. The Balaban J connectivity index is 1.61. The van der Waals surface area contributed by atoms with Gasteiger partial charge in [0.2, 0.25) is 5.91 Å². The first-order valence-electron chi connectivity index (χ1n) is 7.89. The van der Waals surface area contributed by atoms with Crippen LogP contribution in [0.25, 0.3) is 6.08 Å². The molecule has 0 radical (unpaired) electrons. The number of anilines is 1. The SMILES string of the molecule is O=C(CCN1C(=O)C(=Cc2ccccc2)SC1=S)Nc1ccccc1Br. The molecule has 1 aliphatic rings. The van der Waals surface area contributed by atoms with Crippen molar-refractivity contribution >= 4 is 67.8 Å². The molecule has 0 bridgehead atoms. The summed E-state index contributed by atoms with van der Waals surface area (Å²) >= 11 is 9.96. The number of hydrogen-bond acceptors (Lipinski definition) is 4. The molecule has 0 aliphatic carbocycles. The Bertz CT molecular complexity index is 884. The maximum absolute atomic E-state index is 12.6. The van der Waals surface area contributed by atoms with E-state index in [0.717, 1.165) is 10.0 Å². The van der Waals surface area contributed by atoms with E-state index in [2.05, 4.69) is 21.2 Å². The minimum absolute atomic E-state index is 0.155. The Labute approximate surface area is 169 Å². The second-order valence-corrected chi connectivity index (χ2v) is 8.05. The molecular weight excluding hydrogens is 432 g/mol.